The van der Waals surface area contributed by atoms with Crippen LogP contribution in [-0.2, 0) is 4.79 Å². The molecule has 64 valence electrons. The van der Waals surface area contributed by atoms with E-state index in [1.54, 1.807) is 0 Å². The first-order chi connectivity index (χ1) is 4.79. The van der Waals surface area contributed by atoms with Crippen molar-refractivity contribution in [3.8, 4) is 0 Å². The number of carbonyl (C=O) groups is 1. The van der Waals surface area contributed by atoms with Crippen LogP contribution in [0.15, 0.2) is 4.99 Å². The van der Waals surface area contributed by atoms with E-state index in [2.05, 4.69) is 10.3 Å². The average molecular weight is 196 g/mol. The molecule has 0 aromatic carbocycles. The number of hydrogen-bond donors (Lipinski definition) is 2. The van der Waals surface area contributed by atoms with E-state index in [4.69, 9.17) is 5.73 Å². The molecule has 0 aliphatic carbocycles. The molecule has 0 spiro atoms. The average Bonchev–Trinajstić information content (AvgIpc) is 2.34. The molecule has 1 aliphatic heterocycles. The molecular formula is C5H10ClN3OS. The summed E-state index contributed by atoms with van der Waals surface area (Å²) < 4.78 is 0. The van der Waals surface area contributed by atoms with Gasteiger partial charge >= 0.3 is 0 Å². The minimum atomic E-state index is -0.304. The third-order valence-corrected chi connectivity index (χ3v) is 1.97. The summed E-state index contributed by atoms with van der Waals surface area (Å²) in [5.74, 6) is 0.00708. The number of amidine groups is 1. The lowest BCUT2D eigenvalue weighted by Gasteiger charge is -1.96. The van der Waals surface area contributed by atoms with E-state index in [-0.39, 0.29) is 18.3 Å². The van der Waals surface area contributed by atoms with Crippen LogP contribution in [0.1, 0.15) is 0 Å². The number of primary amides is 1. The Balaban J connectivity index is 0.000001000. The lowest BCUT2D eigenvalue weighted by atomic mass is 10.7. The number of thioether (sulfide) groups is 1. The van der Waals surface area contributed by atoms with Gasteiger partial charge in [0.15, 0.2) is 5.17 Å². The van der Waals surface area contributed by atoms with Gasteiger partial charge in [-0.2, -0.15) is 0 Å². The quantitative estimate of drug-likeness (QED) is 0.630. The van der Waals surface area contributed by atoms with Crippen LogP contribution >= 0.6 is 24.2 Å². The van der Waals surface area contributed by atoms with Gasteiger partial charge in [0, 0.05) is 6.54 Å². The number of hydrogen-bond acceptors (Lipinski definition) is 4. The minimum absolute atomic E-state index is 0. The number of aliphatic imine (C=N–C) groups is 1. The lowest BCUT2D eigenvalue weighted by Crippen LogP contribution is -2.20. The standard InChI is InChI=1S/C5H9N3OS.ClH/c6-4(9)3-10-5-7-1-2-8-5;/h1-3H2,(H2,6,9)(H,7,8);1H. The first-order valence-electron chi connectivity index (χ1n) is 2.98. The molecule has 4 nitrogen and oxygen atoms in total. The molecule has 1 heterocycles. The van der Waals surface area contributed by atoms with Gasteiger partial charge in [-0.25, -0.2) is 0 Å². The number of nitrogens with two attached hydrogens (primary N) is 1. The van der Waals surface area contributed by atoms with Crippen LogP contribution in [0, 0.1) is 0 Å². The van der Waals surface area contributed by atoms with Crippen molar-refractivity contribution < 1.29 is 4.79 Å². The molecule has 1 aliphatic rings. The highest BCUT2D eigenvalue weighted by Crippen LogP contribution is 2.03. The molecule has 0 aromatic heterocycles. The first-order valence-corrected chi connectivity index (χ1v) is 3.97. The summed E-state index contributed by atoms with van der Waals surface area (Å²) in [5, 5.41) is 3.85. The third kappa shape index (κ3) is 4.10. The Hall–Kier alpha value is -0.420. The summed E-state index contributed by atoms with van der Waals surface area (Å²) in [5.41, 5.74) is 4.93. The topological polar surface area (TPSA) is 67.5 Å². The maximum Gasteiger partial charge on any atom is 0.227 e. The van der Waals surface area contributed by atoms with Gasteiger partial charge in [-0.1, -0.05) is 11.8 Å². The molecule has 0 saturated heterocycles. The zero-order valence-electron chi connectivity index (χ0n) is 5.87. The van der Waals surface area contributed by atoms with Crippen LogP contribution in [0.2, 0.25) is 0 Å². The molecule has 3 N–H and O–H groups in total. The van der Waals surface area contributed by atoms with Gasteiger partial charge in [0.05, 0.1) is 12.3 Å². The molecule has 0 bridgehead atoms. The fourth-order valence-electron chi connectivity index (χ4n) is 0.612. The SMILES string of the molecule is Cl.NC(=O)CSC1=NCCN1. The summed E-state index contributed by atoms with van der Waals surface area (Å²) in [7, 11) is 0. The van der Waals surface area contributed by atoms with Crippen molar-refractivity contribution in [2.75, 3.05) is 18.8 Å². The monoisotopic (exact) mass is 195 g/mol. The molecule has 0 unspecified atom stereocenters. The van der Waals surface area contributed by atoms with E-state index in [0.29, 0.717) is 5.75 Å². The van der Waals surface area contributed by atoms with Crippen LogP contribution in [0.5, 0.6) is 0 Å². The van der Waals surface area contributed by atoms with Gasteiger partial charge < -0.3 is 11.1 Å². The summed E-state index contributed by atoms with van der Waals surface area (Å²) in [6.45, 7) is 1.68. The predicted molar refractivity (Wildman–Crippen MR) is 49.2 cm³/mol. The van der Waals surface area contributed by atoms with Crippen LogP contribution in [0.4, 0.5) is 0 Å². The second kappa shape index (κ2) is 5.26. The Morgan fingerprint density at radius 1 is 1.82 bits per heavy atom. The van der Waals surface area contributed by atoms with E-state index in [1.165, 1.54) is 11.8 Å². The van der Waals surface area contributed by atoms with Gasteiger partial charge in [0.25, 0.3) is 0 Å². The fraction of sp³-hybridized carbons (Fsp3) is 0.600. The molecule has 0 saturated carbocycles. The van der Waals surface area contributed by atoms with Crippen molar-refractivity contribution >= 4 is 35.2 Å². The Labute approximate surface area is 75.4 Å². The zero-order chi connectivity index (χ0) is 7.40. The number of halogens is 1. The summed E-state index contributed by atoms with van der Waals surface area (Å²) in [6.07, 6.45) is 0. The first kappa shape index (κ1) is 10.6. The number of nitrogens with one attached hydrogen (secondary N) is 1. The highest BCUT2D eigenvalue weighted by Gasteiger charge is 2.05. The molecule has 0 aromatic rings. The van der Waals surface area contributed by atoms with Gasteiger partial charge in [-0.15, -0.1) is 12.4 Å². The van der Waals surface area contributed by atoms with Gasteiger partial charge in [0.1, 0.15) is 0 Å². The fourth-order valence-corrected chi connectivity index (χ4v) is 1.28. The molecule has 0 atom stereocenters. The third-order valence-electron chi connectivity index (χ3n) is 0.995. The number of nitrogens with zero attached hydrogens (tertiary/aromatic N) is 1. The van der Waals surface area contributed by atoms with Crippen molar-refractivity contribution in [1.82, 2.24) is 5.32 Å². The van der Waals surface area contributed by atoms with Crippen molar-refractivity contribution in [2.24, 2.45) is 10.7 Å². The molecule has 11 heavy (non-hydrogen) atoms. The summed E-state index contributed by atoms with van der Waals surface area (Å²) in [4.78, 5) is 14.3. The van der Waals surface area contributed by atoms with Crippen molar-refractivity contribution in [2.45, 2.75) is 0 Å². The van der Waals surface area contributed by atoms with Crippen molar-refractivity contribution in [3.05, 3.63) is 0 Å². The number of amides is 1. The lowest BCUT2D eigenvalue weighted by molar-refractivity contribution is -0.115. The highest BCUT2D eigenvalue weighted by molar-refractivity contribution is 8.14. The molecule has 1 amide bonds. The molecule has 0 fully saturated rings. The molecule has 0 radical (unpaired) electrons. The Bertz CT molecular complexity index is 173. The normalized spacial score (nSPS) is 14.7. The second-order valence-electron chi connectivity index (χ2n) is 1.87. The number of carbonyl (C=O) groups excluding carboxylic acids is 1. The van der Waals surface area contributed by atoms with Crippen LogP contribution < -0.4 is 11.1 Å². The van der Waals surface area contributed by atoms with Gasteiger partial charge in [0.2, 0.25) is 5.91 Å². The zero-order valence-corrected chi connectivity index (χ0v) is 7.50. The maximum absolute atomic E-state index is 10.3. The van der Waals surface area contributed by atoms with Crippen molar-refractivity contribution in [1.29, 1.82) is 0 Å². The van der Waals surface area contributed by atoms with Crippen LogP contribution in [-0.4, -0.2) is 29.9 Å². The summed E-state index contributed by atoms with van der Waals surface area (Å²) >= 11 is 1.36. The van der Waals surface area contributed by atoms with Crippen LogP contribution in [0.3, 0.4) is 0 Å². The van der Waals surface area contributed by atoms with E-state index >= 15 is 0 Å². The highest BCUT2D eigenvalue weighted by atomic mass is 35.5. The van der Waals surface area contributed by atoms with E-state index in [1.807, 2.05) is 0 Å². The Morgan fingerprint density at radius 2 is 2.55 bits per heavy atom. The molecule has 6 heteroatoms. The Kier molecular flexibility index (Phi) is 5.06. The van der Waals surface area contributed by atoms with Gasteiger partial charge in [-0.05, 0) is 0 Å². The minimum Gasteiger partial charge on any atom is -0.369 e. The van der Waals surface area contributed by atoms with E-state index in [9.17, 15) is 4.79 Å². The van der Waals surface area contributed by atoms with Crippen LogP contribution in [0.25, 0.3) is 0 Å². The second-order valence-corrected chi connectivity index (χ2v) is 2.83. The maximum atomic E-state index is 10.3. The smallest absolute Gasteiger partial charge is 0.227 e. The van der Waals surface area contributed by atoms with E-state index in [0.717, 1.165) is 18.3 Å². The van der Waals surface area contributed by atoms with Gasteiger partial charge in [-0.3, -0.25) is 9.79 Å². The largest absolute Gasteiger partial charge is 0.369 e. The molecule has 1 rings (SSSR count). The van der Waals surface area contributed by atoms with E-state index < -0.39 is 0 Å². The predicted octanol–water partition coefficient (Wildman–Crippen LogP) is -0.414. The molecular weight excluding hydrogens is 186 g/mol. The Morgan fingerprint density at radius 3 is 3.00 bits per heavy atom. The van der Waals surface area contributed by atoms with Crippen molar-refractivity contribution in [3.63, 3.8) is 0 Å². The summed E-state index contributed by atoms with van der Waals surface area (Å²) in [6, 6.07) is 0. The number of rotatable bonds is 2.